The number of imide groups is 1. The highest BCUT2D eigenvalue weighted by Gasteiger charge is 2.29. The summed E-state index contributed by atoms with van der Waals surface area (Å²) in [5, 5.41) is 12.9. The van der Waals surface area contributed by atoms with Gasteiger partial charge in [-0.2, -0.15) is 5.10 Å². The van der Waals surface area contributed by atoms with Crippen LogP contribution in [-0.4, -0.2) is 44.4 Å². The maximum atomic E-state index is 12.5. The van der Waals surface area contributed by atoms with Gasteiger partial charge in [-0.15, -0.1) is 12.4 Å². The summed E-state index contributed by atoms with van der Waals surface area (Å²) in [4.78, 5) is 37.0. The molecule has 0 radical (unpaired) electrons. The summed E-state index contributed by atoms with van der Waals surface area (Å²) in [5.74, 6) is -0.231. The van der Waals surface area contributed by atoms with Crippen molar-refractivity contribution in [2.75, 3.05) is 17.6 Å². The summed E-state index contributed by atoms with van der Waals surface area (Å²) < 4.78 is 0. The fourth-order valence-electron chi connectivity index (χ4n) is 3.01. The van der Waals surface area contributed by atoms with Crippen LogP contribution in [0.3, 0.4) is 0 Å². The molecule has 3 amide bonds. The van der Waals surface area contributed by atoms with Crippen LogP contribution < -0.4 is 10.6 Å². The van der Waals surface area contributed by atoms with Crippen molar-refractivity contribution in [2.45, 2.75) is 19.5 Å². The average Bonchev–Trinajstić information content (AvgIpc) is 3.22. The normalized spacial score (nSPS) is 16.1. The molecule has 3 heterocycles. The van der Waals surface area contributed by atoms with Gasteiger partial charge in [0.25, 0.3) is 11.1 Å². The molecular formula is C17H18ClN5O3S. The number of aromatic amines is 1. The molecule has 0 atom stereocenters. The van der Waals surface area contributed by atoms with Gasteiger partial charge in [-0.05, 0) is 17.7 Å². The number of H-pyrrole nitrogens is 1. The highest BCUT2D eigenvalue weighted by molar-refractivity contribution is 8.14. The summed E-state index contributed by atoms with van der Waals surface area (Å²) in [5.41, 5.74) is 3.78. The van der Waals surface area contributed by atoms with Gasteiger partial charge in [-0.1, -0.05) is 23.9 Å². The highest BCUT2D eigenvalue weighted by atomic mass is 35.5. The molecule has 142 valence electrons. The standard InChI is InChI=1S/C17H17N5O3S.ClH/c23-14-9-26-17(25)22(14)8-10-1-3-11(4-2-10)19-16(24)15-12-7-18-6-5-13(12)20-21-15;/h1-4,18H,5-9H2,(H,19,24)(H,20,21);1H. The lowest BCUT2D eigenvalue weighted by molar-refractivity contribution is -0.125. The molecule has 1 aromatic heterocycles. The number of rotatable bonds is 4. The Bertz CT molecular complexity index is 867. The maximum Gasteiger partial charge on any atom is 0.289 e. The van der Waals surface area contributed by atoms with Crippen molar-refractivity contribution in [1.82, 2.24) is 20.4 Å². The number of benzene rings is 1. The molecule has 1 fully saturated rings. The van der Waals surface area contributed by atoms with E-state index in [9.17, 15) is 14.4 Å². The van der Waals surface area contributed by atoms with Crippen LogP contribution in [-0.2, 0) is 24.3 Å². The summed E-state index contributed by atoms with van der Waals surface area (Å²) in [6, 6.07) is 7.09. The number of halogens is 1. The molecule has 4 rings (SSSR count). The Morgan fingerprint density at radius 2 is 2.04 bits per heavy atom. The van der Waals surface area contributed by atoms with Crippen molar-refractivity contribution >= 4 is 46.9 Å². The number of anilines is 1. The second-order valence-corrected chi connectivity index (χ2v) is 7.07. The minimum Gasteiger partial charge on any atom is -0.321 e. The van der Waals surface area contributed by atoms with E-state index < -0.39 is 0 Å². The molecule has 8 nitrogen and oxygen atoms in total. The van der Waals surface area contributed by atoms with Crippen LogP contribution in [0.5, 0.6) is 0 Å². The van der Waals surface area contributed by atoms with E-state index in [1.165, 1.54) is 4.90 Å². The highest BCUT2D eigenvalue weighted by Crippen LogP contribution is 2.22. The molecule has 0 spiro atoms. The SMILES string of the molecule is Cl.O=C(Nc1ccc(CN2C(=O)CSC2=O)cc1)c1n[nH]c2c1CNCC2. The van der Waals surface area contributed by atoms with Crippen LogP contribution in [0.4, 0.5) is 10.5 Å². The van der Waals surface area contributed by atoms with Crippen molar-refractivity contribution in [1.29, 1.82) is 0 Å². The molecule has 0 bridgehead atoms. The third kappa shape index (κ3) is 4.00. The van der Waals surface area contributed by atoms with Crippen LogP contribution in [0.25, 0.3) is 0 Å². The Hall–Kier alpha value is -2.36. The van der Waals surface area contributed by atoms with Gasteiger partial charge in [-0.25, -0.2) is 0 Å². The first-order valence-corrected chi connectivity index (χ1v) is 9.24. The second-order valence-electron chi connectivity index (χ2n) is 6.14. The number of amides is 3. The fourth-order valence-corrected chi connectivity index (χ4v) is 3.74. The molecule has 10 heteroatoms. The average molecular weight is 408 g/mol. The molecule has 1 aromatic carbocycles. The monoisotopic (exact) mass is 407 g/mol. The van der Waals surface area contributed by atoms with Crippen LogP contribution in [0.2, 0.25) is 0 Å². The Kier molecular flexibility index (Phi) is 5.83. The molecular weight excluding hydrogens is 390 g/mol. The topological polar surface area (TPSA) is 107 Å². The Morgan fingerprint density at radius 1 is 1.26 bits per heavy atom. The quantitative estimate of drug-likeness (QED) is 0.714. The van der Waals surface area contributed by atoms with Crippen molar-refractivity contribution in [3.05, 3.63) is 46.8 Å². The number of nitrogens with one attached hydrogen (secondary N) is 3. The van der Waals surface area contributed by atoms with E-state index in [1.54, 1.807) is 24.3 Å². The van der Waals surface area contributed by atoms with Gasteiger partial charge in [0, 0.05) is 36.5 Å². The minimum absolute atomic E-state index is 0. The number of fused-ring (bicyclic) bond motifs is 1. The third-order valence-electron chi connectivity index (χ3n) is 4.41. The van der Waals surface area contributed by atoms with Gasteiger partial charge in [0.1, 0.15) is 0 Å². The predicted octanol–water partition coefficient (Wildman–Crippen LogP) is 1.92. The first-order chi connectivity index (χ1) is 12.6. The Labute approximate surface area is 165 Å². The molecule has 1 saturated heterocycles. The molecule has 3 N–H and O–H groups in total. The number of carbonyl (C=O) groups is 3. The summed E-state index contributed by atoms with van der Waals surface area (Å²) >= 11 is 1.02. The molecule has 2 aliphatic heterocycles. The van der Waals surface area contributed by atoms with Crippen molar-refractivity contribution in [2.24, 2.45) is 0 Å². The number of aromatic nitrogens is 2. The van der Waals surface area contributed by atoms with Crippen LogP contribution >= 0.6 is 24.2 Å². The van der Waals surface area contributed by atoms with E-state index in [4.69, 9.17) is 0 Å². The molecule has 0 aliphatic carbocycles. The van der Waals surface area contributed by atoms with Gasteiger partial charge in [-0.3, -0.25) is 24.4 Å². The van der Waals surface area contributed by atoms with Gasteiger partial charge < -0.3 is 10.6 Å². The zero-order valence-corrected chi connectivity index (χ0v) is 15.9. The van der Waals surface area contributed by atoms with Crippen LogP contribution in [0.1, 0.15) is 27.3 Å². The largest absolute Gasteiger partial charge is 0.321 e. The van der Waals surface area contributed by atoms with E-state index >= 15 is 0 Å². The smallest absolute Gasteiger partial charge is 0.289 e. The molecule has 0 saturated carbocycles. The third-order valence-corrected chi connectivity index (χ3v) is 5.27. The number of thioether (sulfide) groups is 1. The number of hydrogen-bond donors (Lipinski definition) is 3. The summed E-state index contributed by atoms with van der Waals surface area (Å²) in [6.45, 7) is 1.75. The zero-order valence-electron chi connectivity index (χ0n) is 14.3. The zero-order chi connectivity index (χ0) is 18.1. The molecule has 2 aliphatic rings. The molecule has 2 aromatic rings. The lowest BCUT2D eigenvalue weighted by Gasteiger charge is -2.14. The first-order valence-electron chi connectivity index (χ1n) is 8.26. The van der Waals surface area contributed by atoms with Gasteiger partial charge >= 0.3 is 0 Å². The van der Waals surface area contributed by atoms with Gasteiger partial charge in [0.05, 0.1) is 12.3 Å². The van der Waals surface area contributed by atoms with E-state index in [0.29, 0.717) is 17.9 Å². The first kappa shape index (κ1) is 19.4. The number of carbonyl (C=O) groups excluding carboxylic acids is 3. The van der Waals surface area contributed by atoms with E-state index in [1.807, 2.05) is 0 Å². The molecule has 27 heavy (non-hydrogen) atoms. The van der Waals surface area contributed by atoms with E-state index in [0.717, 1.165) is 41.5 Å². The van der Waals surface area contributed by atoms with Crippen molar-refractivity contribution < 1.29 is 14.4 Å². The summed E-state index contributed by atoms with van der Waals surface area (Å²) in [6.07, 6.45) is 0.830. The lowest BCUT2D eigenvalue weighted by Crippen LogP contribution is -2.27. The number of nitrogens with zero attached hydrogens (tertiary/aromatic N) is 2. The minimum atomic E-state index is -0.264. The van der Waals surface area contributed by atoms with E-state index in [-0.39, 0.29) is 41.8 Å². The Morgan fingerprint density at radius 3 is 2.74 bits per heavy atom. The van der Waals surface area contributed by atoms with Crippen molar-refractivity contribution in [3.63, 3.8) is 0 Å². The van der Waals surface area contributed by atoms with Crippen LogP contribution in [0.15, 0.2) is 24.3 Å². The Balaban J connectivity index is 0.00000210. The fraction of sp³-hybridized carbons (Fsp3) is 0.294. The van der Waals surface area contributed by atoms with Crippen LogP contribution in [0, 0.1) is 0 Å². The lowest BCUT2D eigenvalue weighted by atomic mass is 10.1. The van der Waals surface area contributed by atoms with Gasteiger partial charge in [0.15, 0.2) is 5.69 Å². The maximum absolute atomic E-state index is 12.5. The van der Waals surface area contributed by atoms with Crippen molar-refractivity contribution in [3.8, 4) is 0 Å². The van der Waals surface area contributed by atoms with E-state index in [2.05, 4.69) is 20.8 Å². The molecule has 0 unspecified atom stereocenters. The summed E-state index contributed by atoms with van der Waals surface area (Å²) in [7, 11) is 0. The predicted molar refractivity (Wildman–Crippen MR) is 104 cm³/mol. The second kappa shape index (κ2) is 8.12. The van der Waals surface area contributed by atoms with Gasteiger partial charge in [0.2, 0.25) is 5.91 Å². The number of hydrogen-bond acceptors (Lipinski definition) is 6.